The smallest absolute Gasteiger partial charge is 0.323 e. The molecular formula is C14H21NO4S. The van der Waals surface area contributed by atoms with E-state index >= 15 is 0 Å². The van der Waals surface area contributed by atoms with Gasteiger partial charge >= 0.3 is 5.97 Å². The van der Waals surface area contributed by atoms with E-state index in [0.29, 0.717) is 12.1 Å². The van der Waals surface area contributed by atoms with E-state index in [2.05, 4.69) is 0 Å². The van der Waals surface area contributed by atoms with Crippen molar-refractivity contribution in [2.24, 2.45) is 0 Å². The molecule has 1 N–H and O–H groups in total. The third kappa shape index (κ3) is 4.23. The maximum absolute atomic E-state index is 11.9. The number of carbonyl (C=O) groups is 1. The Morgan fingerprint density at radius 3 is 2.20 bits per heavy atom. The second-order valence-corrected chi connectivity index (χ2v) is 7.04. The lowest BCUT2D eigenvalue weighted by Crippen LogP contribution is -2.35. The Bertz CT molecular complexity index is 549. The predicted octanol–water partition coefficient (Wildman–Crippen LogP) is 2.17. The van der Waals surface area contributed by atoms with Gasteiger partial charge in [-0.1, -0.05) is 6.92 Å². The number of nitrogens with zero attached hydrogens (tertiary/aromatic N) is 1. The number of benzene rings is 1. The predicted molar refractivity (Wildman–Crippen MR) is 78.9 cm³/mol. The number of aliphatic carboxylic acids is 1. The molecule has 0 bridgehead atoms. The van der Waals surface area contributed by atoms with Gasteiger partial charge in [-0.25, -0.2) is 8.42 Å². The molecule has 5 nitrogen and oxygen atoms in total. The molecule has 6 heteroatoms. The topological polar surface area (TPSA) is 74.7 Å². The number of carboxylic acid groups (broad SMARTS) is 1. The van der Waals surface area contributed by atoms with Gasteiger partial charge in [0.2, 0.25) is 0 Å². The molecule has 1 rings (SSSR count). The summed E-state index contributed by atoms with van der Waals surface area (Å²) < 4.78 is 23.8. The maximum atomic E-state index is 11.9. The summed E-state index contributed by atoms with van der Waals surface area (Å²) in [5.41, 5.74) is 0.706. The minimum absolute atomic E-state index is 0.0178. The standard InChI is InChI=1S/C14H21NO4S/c1-4-9-20(18,19)13-7-5-12(6-8-13)15(11(2)3)10-14(16)17/h5-8,11H,4,9-10H2,1-3H3,(H,16,17). The van der Waals surface area contributed by atoms with Crippen LogP contribution in [0.2, 0.25) is 0 Å². The summed E-state index contributed by atoms with van der Waals surface area (Å²) in [5.74, 6) is -0.795. The van der Waals surface area contributed by atoms with E-state index in [9.17, 15) is 13.2 Å². The summed E-state index contributed by atoms with van der Waals surface area (Å²) >= 11 is 0. The second-order valence-electron chi connectivity index (χ2n) is 4.93. The highest BCUT2D eigenvalue weighted by Crippen LogP contribution is 2.21. The van der Waals surface area contributed by atoms with Gasteiger partial charge in [0.1, 0.15) is 6.54 Å². The van der Waals surface area contributed by atoms with Crippen LogP contribution >= 0.6 is 0 Å². The van der Waals surface area contributed by atoms with Gasteiger partial charge in [-0.3, -0.25) is 4.79 Å². The van der Waals surface area contributed by atoms with E-state index in [1.807, 2.05) is 20.8 Å². The average Bonchev–Trinajstić information content (AvgIpc) is 2.35. The van der Waals surface area contributed by atoms with Crippen LogP contribution in [0.25, 0.3) is 0 Å². The molecule has 0 aliphatic rings. The average molecular weight is 299 g/mol. The van der Waals surface area contributed by atoms with Gasteiger partial charge < -0.3 is 10.0 Å². The zero-order valence-electron chi connectivity index (χ0n) is 12.0. The maximum Gasteiger partial charge on any atom is 0.323 e. The highest BCUT2D eigenvalue weighted by atomic mass is 32.2. The van der Waals surface area contributed by atoms with E-state index < -0.39 is 15.8 Å². The minimum Gasteiger partial charge on any atom is -0.480 e. The number of anilines is 1. The summed E-state index contributed by atoms with van der Waals surface area (Å²) in [6, 6.07) is 6.41. The van der Waals surface area contributed by atoms with Gasteiger partial charge in [0.15, 0.2) is 9.84 Å². The van der Waals surface area contributed by atoms with Crippen LogP contribution in [-0.4, -0.2) is 37.8 Å². The third-order valence-corrected chi connectivity index (χ3v) is 4.87. The summed E-state index contributed by atoms with van der Waals surface area (Å²) in [5, 5.41) is 8.91. The fourth-order valence-electron chi connectivity index (χ4n) is 1.95. The normalized spacial score (nSPS) is 11.6. The van der Waals surface area contributed by atoms with E-state index in [4.69, 9.17) is 5.11 Å². The van der Waals surface area contributed by atoms with Gasteiger partial charge in [0.25, 0.3) is 0 Å². The zero-order chi connectivity index (χ0) is 15.3. The van der Waals surface area contributed by atoms with Crippen LogP contribution < -0.4 is 4.90 Å². The first-order valence-electron chi connectivity index (χ1n) is 6.59. The van der Waals surface area contributed by atoms with Crippen molar-refractivity contribution in [1.29, 1.82) is 0 Å². The summed E-state index contributed by atoms with van der Waals surface area (Å²) in [4.78, 5) is 12.8. The fraction of sp³-hybridized carbons (Fsp3) is 0.500. The molecule has 0 amide bonds. The molecule has 1 aromatic carbocycles. The lowest BCUT2D eigenvalue weighted by atomic mass is 10.2. The molecule has 0 aliphatic carbocycles. The van der Waals surface area contributed by atoms with Gasteiger partial charge in [-0.2, -0.15) is 0 Å². The van der Waals surface area contributed by atoms with Crippen LogP contribution in [0.1, 0.15) is 27.2 Å². The van der Waals surface area contributed by atoms with E-state index in [-0.39, 0.29) is 23.2 Å². The Morgan fingerprint density at radius 2 is 1.80 bits per heavy atom. The van der Waals surface area contributed by atoms with Crippen LogP contribution in [0.3, 0.4) is 0 Å². The molecule has 0 saturated carbocycles. The molecule has 0 spiro atoms. The van der Waals surface area contributed by atoms with Crippen molar-refractivity contribution >= 4 is 21.5 Å². The molecule has 112 valence electrons. The van der Waals surface area contributed by atoms with Crippen LogP contribution in [-0.2, 0) is 14.6 Å². The van der Waals surface area contributed by atoms with Crippen LogP contribution in [0, 0.1) is 0 Å². The van der Waals surface area contributed by atoms with Gasteiger partial charge in [0.05, 0.1) is 10.6 Å². The van der Waals surface area contributed by atoms with Gasteiger partial charge in [-0.05, 0) is 44.5 Å². The highest BCUT2D eigenvalue weighted by Gasteiger charge is 2.16. The van der Waals surface area contributed by atoms with E-state index in [0.717, 1.165) is 0 Å². The third-order valence-electron chi connectivity index (χ3n) is 2.93. The summed E-state index contributed by atoms with van der Waals surface area (Å²) in [6.45, 7) is 5.49. The molecule has 0 heterocycles. The Labute approximate surface area is 120 Å². The molecular weight excluding hydrogens is 278 g/mol. The molecule has 0 fully saturated rings. The van der Waals surface area contributed by atoms with Gasteiger partial charge in [-0.15, -0.1) is 0 Å². The fourth-order valence-corrected chi connectivity index (χ4v) is 3.27. The lowest BCUT2D eigenvalue weighted by Gasteiger charge is -2.27. The Kier molecular flexibility index (Phi) is 5.56. The molecule has 0 unspecified atom stereocenters. The van der Waals surface area contributed by atoms with Crippen molar-refractivity contribution in [1.82, 2.24) is 0 Å². The molecule has 0 aliphatic heterocycles. The first-order valence-corrected chi connectivity index (χ1v) is 8.24. The summed E-state index contributed by atoms with van der Waals surface area (Å²) in [6.07, 6.45) is 0.571. The number of sulfone groups is 1. The molecule has 0 atom stereocenters. The number of hydrogen-bond donors (Lipinski definition) is 1. The van der Waals surface area contributed by atoms with Crippen molar-refractivity contribution in [3.63, 3.8) is 0 Å². The SMILES string of the molecule is CCCS(=O)(=O)c1ccc(N(CC(=O)O)C(C)C)cc1. The second kappa shape index (κ2) is 6.74. The van der Waals surface area contributed by atoms with Crippen molar-refractivity contribution in [2.45, 2.75) is 38.1 Å². The first kappa shape index (κ1) is 16.5. The van der Waals surface area contributed by atoms with Crippen LogP contribution in [0.4, 0.5) is 5.69 Å². The first-order chi connectivity index (χ1) is 9.27. The molecule has 20 heavy (non-hydrogen) atoms. The molecule has 0 saturated heterocycles. The molecule has 0 radical (unpaired) electrons. The van der Waals surface area contributed by atoms with Crippen molar-refractivity contribution in [3.8, 4) is 0 Å². The number of rotatable bonds is 7. The number of hydrogen-bond acceptors (Lipinski definition) is 4. The van der Waals surface area contributed by atoms with Crippen LogP contribution in [0.5, 0.6) is 0 Å². The minimum atomic E-state index is -3.23. The Hall–Kier alpha value is -1.56. The van der Waals surface area contributed by atoms with Gasteiger partial charge in [0, 0.05) is 11.7 Å². The van der Waals surface area contributed by atoms with Crippen molar-refractivity contribution in [2.75, 3.05) is 17.2 Å². The highest BCUT2D eigenvalue weighted by molar-refractivity contribution is 7.91. The van der Waals surface area contributed by atoms with Crippen LogP contribution in [0.15, 0.2) is 29.2 Å². The van der Waals surface area contributed by atoms with E-state index in [1.165, 1.54) is 12.1 Å². The zero-order valence-corrected chi connectivity index (χ0v) is 12.9. The Balaban J connectivity index is 3.03. The van der Waals surface area contributed by atoms with E-state index in [1.54, 1.807) is 17.0 Å². The molecule has 0 aromatic heterocycles. The summed E-state index contributed by atoms with van der Waals surface area (Å²) in [7, 11) is -3.23. The lowest BCUT2D eigenvalue weighted by molar-refractivity contribution is -0.135. The van der Waals surface area contributed by atoms with Crippen molar-refractivity contribution < 1.29 is 18.3 Å². The molecule has 1 aromatic rings. The quantitative estimate of drug-likeness (QED) is 0.835. The number of carboxylic acids is 1. The largest absolute Gasteiger partial charge is 0.480 e. The Morgan fingerprint density at radius 1 is 1.25 bits per heavy atom. The van der Waals surface area contributed by atoms with Crippen molar-refractivity contribution in [3.05, 3.63) is 24.3 Å². The monoisotopic (exact) mass is 299 g/mol.